The number of benzene rings is 1. The molecule has 0 radical (unpaired) electrons. The van der Waals surface area contributed by atoms with E-state index >= 15 is 0 Å². The number of aryl methyl sites for hydroxylation is 1. The second-order valence-electron chi connectivity index (χ2n) is 3.26. The monoisotopic (exact) mass is 215 g/mol. The molecular weight excluding hydrogens is 201 g/mol. The van der Waals surface area contributed by atoms with E-state index in [1.165, 1.54) is 0 Å². The fourth-order valence-electron chi connectivity index (χ4n) is 1.35. The Morgan fingerprint density at radius 3 is 2.71 bits per heavy atom. The van der Waals surface area contributed by atoms with Crippen LogP contribution >= 0.6 is 11.6 Å². The van der Waals surface area contributed by atoms with Gasteiger partial charge in [0.25, 0.3) is 0 Å². The van der Waals surface area contributed by atoms with Gasteiger partial charge in [0.05, 0.1) is 5.02 Å². The summed E-state index contributed by atoms with van der Waals surface area (Å²) in [6.45, 7) is 2.80. The van der Waals surface area contributed by atoms with Crippen LogP contribution in [0.3, 0.4) is 0 Å². The fraction of sp³-hybridized carbons (Fsp3) is 0.455. The number of hydrogen-bond acceptors (Lipinski definition) is 1. The number of nitrogens with one attached hydrogen (secondary N) is 1. The number of hydrogen-bond donors (Lipinski definition) is 1. The van der Waals surface area contributed by atoms with Crippen LogP contribution in [-0.2, 0) is 12.8 Å². The average molecular weight is 216 g/mol. The summed E-state index contributed by atoms with van der Waals surface area (Å²) in [5.41, 5.74) is 1.78. The Morgan fingerprint density at radius 2 is 2.14 bits per heavy atom. The summed E-state index contributed by atoms with van der Waals surface area (Å²) in [7, 11) is 1.85. The van der Waals surface area contributed by atoms with Crippen LogP contribution in [0.2, 0.25) is 5.02 Å². The molecule has 3 heteroatoms. The Balaban J connectivity index is 2.95. The highest BCUT2D eigenvalue weighted by atomic mass is 35.5. The summed E-state index contributed by atoms with van der Waals surface area (Å²) >= 11 is 5.78. The Hall–Kier alpha value is -0.600. The summed E-state index contributed by atoms with van der Waals surface area (Å²) < 4.78 is 13.5. The van der Waals surface area contributed by atoms with Crippen molar-refractivity contribution in [3.63, 3.8) is 0 Å². The van der Waals surface area contributed by atoms with Crippen molar-refractivity contribution in [3.8, 4) is 0 Å². The lowest BCUT2D eigenvalue weighted by molar-refractivity contribution is 0.604. The van der Waals surface area contributed by atoms with Crippen LogP contribution < -0.4 is 5.32 Å². The predicted octanol–water partition coefficient (Wildman–Crippen LogP) is 2.80. The van der Waals surface area contributed by atoms with Gasteiger partial charge >= 0.3 is 0 Å². The van der Waals surface area contributed by atoms with Gasteiger partial charge < -0.3 is 5.32 Å². The molecule has 14 heavy (non-hydrogen) atoms. The molecule has 1 aromatic rings. The van der Waals surface area contributed by atoms with Crippen molar-refractivity contribution in [2.45, 2.75) is 19.8 Å². The van der Waals surface area contributed by atoms with Crippen LogP contribution in [0.4, 0.5) is 4.39 Å². The second kappa shape index (κ2) is 5.32. The maximum atomic E-state index is 13.5. The third-order valence-electron chi connectivity index (χ3n) is 2.22. The maximum Gasteiger partial charge on any atom is 0.145 e. The van der Waals surface area contributed by atoms with Crippen LogP contribution in [0.15, 0.2) is 12.1 Å². The third-order valence-corrected chi connectivity index (χ3v) is 2.49. The smallest absolute Gasteiger partial charge is 0.145 e. The topological polar surface area (TPSA) is 12.0 Å². The van der Waals surface area contributed by atoms with E-state index in [-0.39, 0.29) is 10.8 Å². The van der Waals surface area contributed by atoms with Gasteiger partial charge in [-0.3, -0.25) is 0 Å². The highest BCUT2D eigenvalue weighted by molar-refractivity contribution is 6.30. The van der Waals surface area contributed by atoms with E-state index in [4.69, 9.17) is 11.6 Å². The molecule has 0 amide bonds. The summed E-state index contributed by atoms with van der Waals surface area (Å²) in [6, 6.07) is 3.58. The van der Waals surface area contributed by atoms with Gasteiger partial charge in [0, 0.05) is 0 Å². The van der Waals surface area contributed by atoms with E-state index in [9.17, 15) is 4.39 Å². The lowest BCUT2D eigenvalue weighted by atomic mass is 10.1. The van der Waals surface area contributed by atoms with E-state index < -0.39 is 0 Å². The maximum absolute atomic E-state index is 13.5. The summed E-state index contributed by atoms with van der Waals surface area (Å²) in [6.07, 6.45) is 1.56. The molecule has 1 nitrogen and oxygen atoms in total. The minimum absolute atomic E-state index is 0.232. The van der Waals surface area contributed by atoms with Gasteiger partial charge in [-0.2, -0.15) is 0 Å². The van der Waals surface area contributed by atoms with E-state index in [1.807, 2.05) is 20.0 Å². The van der Waals surface area contributed by atoms with Gasteiger partial charge in [-0.25, -0.2) is 4.39 Å². The fourth-order valence-corrected chi connectivity index (χ4v) is 1.62. The molecule has 78 valence electrons. The van der Waals surface area contributed by atoms with Crippen LogP contribution in [0.5, 0.6) is 0 Å². The standard InChI is InChI=1S/C11H15ClFN/c1-3-8-6-9(4-5-14-2)11(13)10(12)7-8/h6-7,14H,3-5H2,1-2H3. The zero-order chi connectivity index (χ0) is 10.6. The Morgan fingerprint density at radius 1 is 1.43 bits per heavy atom. The zero-order valence-corrected chi connectivity index (χ0v) is 9.29. The highest BCUT2D eigenvalue weighted by Gasteiger charge is 2.07. The van der Waals surface area contributed by atoms with E-state index in [0.717, 1.165) is 18.5 Å². The molecule has 0 aliphatic rings. The van der Waals surface area contributed by atoms with Crippen LogP contribution in [0.1, 0.15) is 18.1 Å². The van der Waals surface area contributed by atoms with Crippen molar-refractivity contribution in [1.29, 1.82) is 0 Å². The highest BCUT2D eigenvalue weighted by Crippen LogP contribution is 2.21. The zero-order valence-electron chi connectivity index (χ0n) is 8.53. The summed E-state index contributed by atoms with van der Waals surface area (Å²) in [5.74, 6) is -0.279. The van der Waals surface area contributed by atoms with Crippen molar-refractivity contribution in [3.05, 3.63) is 34.1 Å². The Kier molecular flexibility index (Phi) is 4.36. The minimum atomic E-state index is -0.279. The molecule has 1 aromatic carbocycles. The van der Waals surface area contributed by atoms with Gasteiger partial charge in [0.15, 0.2) is 0 Å². The van der Waals surface area contributed by atoms with Crippen molar-refractivity contribution in [1.82, 2.24) is 5.32 Å². The van der Waals surface area contributed by atoms with Crippen LogP contribution in [-0.4, -0.2) is 13.6 Å². The SMILES string of the molecule is CCc1cc(Cl)c(F)c(CCNC)c1. The van der Waals surface area contributed by atoms with Crippen LogP contribution in [0, 0.1) is 5.82 Å². The average Bonchev–Trinajstić information content (AvgIpc) is 2.20. The van der Waals surface area contributed by atoms with Crippen molar-refractivity contribution >= 4 is 11.6 Å². The first-order valence-corrected chi connectivity index (χ1v) is 5.18. The minimum Gasteiger partial charge on any atom is -0.319 e. The molecule has 0 aliphatic carbocycles. The van der Waals surface area contributed by atoms with E-state index in [0.29, 0.717) is 12.0 Å². The quantitative estimate of drug-likeness (QED) is 0.815. The van der Waals surface area contributed by atoms with Crippen molar-refractivity contribution in [2.24, 2.45) is 0 Å². The Bertz CT molecular complexity index is 312. The van der Waals surface area contributed by atoms with Gasteiger partial charge in [-0.05, 0) is 43.6 Å². The number of likely N-dealkylation sites (N-methyl/N-ethyl adjacent to an activating group) is 1. The molecule has 1 N–H and O–H groups in total. The molecule has 0 fully saturated rings. The molecule has 0 saturated carbocycles. The largest absolute Gasteiger partial charge is 0.319 e. The van der Waals surface area contributed by atoms with Gasteiger partial charge in [-0.15, -0.1) is 0 Å². The molecule has 0 saturated heterocycles. The lowest BCUT2D eigenvalue weighted by Gasteiger charge is -2.07. The lowest BCUT2D eigenvalue weighted by Crippen LogP contribution is -2.11. The molecule has 0 bridgehead atoms. The van der Waals surface area contributed by atoms with Crippen molar-refractivity contribution in [2.75, 3.05) is 13.6 Å². The van der Waals surface area contributed by atoms with E-state index in [1.54, 1.807) is 6.07 Å². The molecule has 0 aliphatic heterocycles. The second-order valence-corrected chi connectivity index (χ2v) is 3.67. The normalized spacial score (nSPS) is 10.6. The molecule has 1 rings (SSSR count). The summed E-state index contributed by atoms with van der Waals surface area (Å²) in [5, 5.41) is 3.22. The first-order chi connectivity index (χ1) is 6.69. The Labute approximate surface area is 89.3 Å². The third kappa shape index (κ3) is 2.69. The van der Waals surface area contributed by atoms with Gasteiger partial charge in [0.2, 0.25) is 0 Å². The van der Waals surface area contributed by atoms with Crippen molar-refractivity contribution < 1.29 is 4.39 Å². The molecule has 0 atom stereocenters. The molecule has 0 unspecified atom stereocenters. The van der Waals surface area contributed by atoms with E-state index in [2.05, 4.69) is 5.32 Å². The first-order valence-electron chi connectivity index (χ1n) is 4.80. The predicted molar refractivity (Wildman–Crippen MR) is 58.4 cm³/mol. The molecule has 0 aromatic heterocycles. The van der Waals surface area contributed by atoms with Gasteiger partial charge in [0.1, 0.15) is 5.82 Å². The first kappa shape index (κ1) is 11.5. The number of rotatable bonds is 4. The van der Waals surface area contributed by atoms with Crippen LogP contribution in [0.25, 0.3) is 0 Å². The molecular formula is C11H15ClFN. The molecule has 0 heterocycles. The number of halogens is 2. The molecule has 0 spiro atoms. The van der Waals surface area contributed by atoms with Gasteiger partial charge in [-0.1, -0.05) is 24.6 Å². The summed E-state index contributed by atoms with van der Waals surface area (Å²) in [4.78, 5) is 0.